The number of fused-ring (bicyclic) bond motifs is 1. The highest BCUT2D eigenvalue weighted by Gasteiger charge is 2.30. The summed E-state index contributed by atoms with van der Waals surface area (Å²) in [7, 11) is 0. The largest absolute Gasteiger partial charge is 0.493 e. The Balaban J connectivity index is 2.03. The molecule has 5 nitrogen and oxygen atoms in total. The maximum absolute atomic E-state index is 12.1. The second-order valence-electron chi connectivity index (χ2n) is 4.67. The van der Waals surface area contributed by atoms with Crippen LogP contribution in [-0.2, 0) is 6.42 Å². The first-order valence-electron chi connectivity index (χ1n) is 6.08. The molecular weight excluding hydrogens is 242 g/mol. The molecule has 1 aliphatic carbocycles. The van der Waals surface area contributed by atoms with Gasteiger partial charge in [-0.3, -0.25) is 4.79 Å². The minimum absolute atomic E-state index is 0.00207. The van der Waals surface area contributed by atoms with Gasteiger partial charge in [-0.1, -0.05) is 30.3 Å². The first-order valence-corrected chi connectivity index (χ1v) is 6.08. The minimum Gasteiger partial charge on any atom is -0.493 e. The Morgan fingerprint density at radius 2 is 1.89 bits per heavy atom. The number of nitrogens with zero attached hydrogens (tertiary/aromatic N) is 2. The average molecular weight is 255 g/mol. The van der Waals surface area contributed by atoms with E-state index in [0.29, 0.717) is 18.5 Å². The molecule has 19 heavy (non-hydrogen) atoms. The van der Waals surface area contributed by atoms with Gasteiger partial charge in [0.15, 0.2) is 5.78 Å². The number of hydrogen-bond donors (Lipinski definition) is 2. The van der Waals surface area contributed by atoms with Crippen molar-refractivity contribution in [3.8, 4) is 5.88 Å². The van der Waals surface area contributed by atoms with Crippen molar-refractivity contribution >= 4 is 11.7 Å². The minimum atomic E-state index is -0.306. The summed E-state index contributed by atoms with van der Waals surface area (Å²) in [6.45, 7) is 0. The number of Topliss-reactive ketones (excluding diaryl/α,β-unsaturated/α-hetero) is 1. The van der Waals surface area contributed by atoms with Crippen LogP contribution < -0.4 is 5.73 Å². The molecule has 2 aromatic rings. The SMILES string of the molecule is Nc1nc(O)c2c(n1)CC(c1ccccc1)CC2=O. The molecule has 3 N–H and O–H groups in total. The predicted molar refractivity (Wildman–Crippen MR) is 69.9 cm³/mol. The third-order valence-electron chi connectivity index (χ3n) is 3.40. The molecule has 0 radical (unpaired) electrons. The van der Waals surface area contributed by atoms with Crippen LogP contribution in [0.5, 0.6) is 5.88 Å². The number of hydrogen-bond acceptors (Lipinski definition) is 5. The van der Waals surface area contributed by atoms with Crippen LogP contribution in [0.1, 0.15) is 34.0 Å². The van der Waals surface area contributed by atoms with Crippen LogP contribution in [-0.4, -0.2) is 20.9 Å². The van der Waals surface area contributed by atoms with Crippen LogP contribution in [0.2, 0.25) is 0 Å². The van der Waals surface area contributed by atoms with E-state index in [2.05, 4.69) is 9.97 Å². The van der Waals surface area contributed by atoms with Gasteiger partial charge in [0.05, 0.1) is 5.69 Å². The van der Waals surface area contributed by atoms with Gasteiger partial charge in [0.1, 0.15) is 5.56 Å². The van der Waals surface area contributed by atoms with Gasteiger partial charge >= 0.3 is 0 Å². The highest BCUT2D eigenvalue weighted by molar-refractivity contribution is 6.00. The summed E-state index contributed by atoms with van der Waals surface area (Å²) in [5.74, 6) is -0.362. The van der Waals surface area contributed by atoms with Gasteiger partial charge in [-0.25, -0.2) is 4.98 Å². The lowest BCUT2D eigenvalue weighted by Crippen LogP contribution is -2.21. The zero-order valence-electron chi connectivity index (χ0n) is 10.2. The number of nitrogen functional groups attached to an aromatic ring is 1. The summed E-state index contributed by atoms with van der Waals surface area (Å²) in [6.07, 6.45) is 0.948. The molecule has 5 heteroatoms. The lowest BCUT2D eigenvalue weighted by atomic mass is 9.82. The molecule has 1 unspecified atom stereocenters. The van der Waals surface area contributed by atoms with E-state index in [1.54, 1.807) is 0 Å². The van der Waals surface area contributed by atoms with Crippen molar-refractivity contribution in [3.63, 3.8) is 0 Å². The summed E-state index contributed by atoms with van der Waals surface area (Å²) in [5.41, 5.74) is 7.37. The summed E-state index contributed by atoms with van der Waals surface area (Å²) in [4.78, 5) is 19.8. The molecule has 1 aliphatic rings. The van der Waals surface area contributed by atoms with Crippen LogP contribution in [0.3, 0.4) is 0 Å². The van der Waals surface area contributed by atoms with E-state index in [1.807, 2.05) is 30.3 Å². The van der Waals surface area contributed by atoms with Crippen molar-refractivity contribution in [2.24, 2.45) is 0 Å². The van der Waals surface area contributed by atoms with Gasteiger partial charge in [0.25, 0.3) is 0 Å². The topological polar surface area (TPSA) is 89.1 Å². The number of carbonyl (C=O) groups is 1. The maximum Gasteiger partial charge on any atom is 0.227 e. The molecule has 0 spiro atoms. The van der Waals surface area contributed by atoms with E-state index < -0.39 is 0 Å². The van der Waals surface area contributed by atoms with E-state index in [9.17, 15) is 9.90 Å². The molecule has 1 aromatic carbocycles. The van der Waals surface area contributed by atoms with Gasteiger partial charge < -0.3 is 10.8 Å². The summed E-state index contributed by atoms with van der Waals surface area (Å²) in [5, 5.41) is 9.71. The number of ketones is 1. The van der Waals surface area contributed by atoms with E-state index >= 15 is 0 Å². The first kappa shape index (κ1) is 11.6. The molecular formula is C14H13N3O2. The molecule has 0 amide bonds. The first-order chi connectivity index (χ1) is 9.15. The fraction of sp³-hybridized carbons (Fsp3) is 0.214. The smallest absolute Gasteiger partial charge is 0.227 e. The quantitative estimate of drug-likeness (QED) is 0.809. The highest BCUT2D eigenvalue weighted by atomic mass is 16.3. The van der Waals surface area contributed by atoms with E-state index in [1.165, 1.54) is 0 Å². The number of aromatic hydroxyl groups is 1. The van der Waals surface area contributed by atoms with Gasteiger partial charge in [-0.2, -0.15) is 4.98 Å². The van der Waals surface area contributed by atoms with Crippen LogP contribution >= 0.6 is 0 Å². The van der Waals surface area contributed by atoms with Crippen LogP contribution in [0.15, 0.2) is 30.3 Å². The third kappa shape index (κ3) is 2.03. The monoisotopic (exact) mass is 255 g/mol. The number of aromatic nitrogens is 2. The Bertz CT molecular complexity index is 641. The standard InChI is InChI=1S/C14H13N3O2/c15-14-16-10-6-9(8-4-2-1-3-5-8)7-11(18)12(10)13(19)17-14/h1-5,9H,6-7H2,(H3,15,16,17,19). The van der Waals surface area contributed by atoms with Gasteiger partial charge in [-0.15, -0.1) is 0 Å². The fourth-order valence-electron chi connectivity index (χ4n) is 2.54. The maximum atomic E-state index is 12.1. The number of benzene rings is 1. The van der Waals surface area contributed by atoms with Crippen LogP contribution in [0.25, 0.3) is 0 Å². The van der Waals surface area contributed by atoms with Crippen molar-refractivity contribution in [1.29, 1.82) is 0 Å². The number of carbonyl (C=O) groups excluding carboxylic acids is 1. The fourth-order valence-corrected chi connectivity index (χ4v) is 2.54. The Morgan fingerprint density at radius 1 is 1.16 bits per heavy atom. The predicted octanol–water partition coefficient (Wildman–Crippen LogP) is 1.68. The summed E-state index contributed by atoms with van der Waals surface area (Å²) < 4.78 is 0. The number of rotatable bonds is 1. The normalized spacial score (nSPS) is 18.1. The molecule has 1 heterocycles. The molecule has 1 aromatic heterocycles. The number of nitrogens with two attached hydrogens (primary N) is 1. The Morgan fingerprint density at radius 3 is 2.63 bits per heavy atom. The Kier molecular flexibility index (Phi) is 2.67. The lowest BCUT2D eigenvalue weighted by Gasteiger charge is -2.23. The molecule has 0 aliphatic heterocycles. The molecule has 0 bridgehead atoms. The summed E-state index contributed by atoms with van der Waals surface area (Å²) in [6, 6.07) is 9.82. The number of anilines is 1. The van der Waals surface area contributed by atoms with Crippen molar-refractivity contribution in [3.05, 3.63) is 47.2 Å². The molecule has 0 saturated heterocycles. The zero-order valence-corrected chi connectivity index (χ0v) is 10.2. The Labute approximate surface area is 110 Å². The average Bonchev–Trinajstić information content (AvgIpc) is 2.38. The zero-order chi connectivity index (χ0) is 13.4. The van der Waals surface area contributed by atoms with E-state index in [-0.39, 0.29) is 29.1 Å². The van der Waals surface area contributed by atoms with Gasteiger partial charge in [0, 0.05) is 6.42 Å². The lowest BCUT2D eigenvalue weighted by molar-refractivity contribution is 0.0959. The molecule has 3 rings (SSSR count). The van der Waals surface area contributed by atoms with Gasteiger partial charge in [0.2, 0.25) is 11.8 Å². The van der Waals surface area contributed by atoms with E-state index in [4.69, 9.17) is 5.73 Å². The van der Waals surface area contributed by atoms with Crippen molar-refractivity contribution in [2.45, 2.75) is 18.8 Å². The van der Waals surface area contributed by atoms with E-state index in [0.717, 1.165) is 5.56 Å². The molecule has 1 atom stereocenters. The van der Waals surface area contributed by atoms with Crippen LogP contribution in [0.4, 0.5) is 5.95 Å². The van der Waals surface area contributed by atoms with Crippen molar-refractivity contribution in [1.82, 2.24) is 9.97 Å². The molecule has 96 valence electrons. The highest BCUT2D eigenvalue weighted by Crippen LogP contribution is 2.34. The van der Waals surface area contributed by atoms with Crippen molar-refractivity contribution in [2.75, 3.05) is 5.73 Å². The third-order valence-corrected chi connectivity index (χ3v) is 3.40. The summed E-state index contributed by atoms with van der Waals surface area (Å²) >= 11 is 0. The molecule has 0 saturated carbocycles. The second-order valence-corrected chi connectivity index (χ2v) is 4.67. The van der Waals surface area contributed by atoms with Crippen molar-refractivity contribution < 1.29 is 9.90 Å². The second kappa shape index (κ2) is 4.35. The van der Waals surface area contributed by atoms with Crippen LogP contribution in [0, 0.1) is 0 Å². The van der Waals surface area contributed by atoms with Gasteiger partial charge in [-0.05, 0) is 17.9 Å². The Hall–Kier alpha value is -2.43. The molecule has 0 fully saturated rings.